The van der Waals surface area contributed by atoms with Crippen molar-refractivity contribution in [3.8, 4) is 0 Å². The van der Waals surface area contributed by atoms with E-state index in [2.05, 4.69) is 18.6 Å². The van der Waals surface area contributed by atoms with Crippen molar-refractivity contribution in [1.29, 1.82) is 0 Å². The van der Waals surface area contributed by atoms with Gasteiger partial charge in [-0.3, -0.25) is 4.79 Å². The minimum absolute atomic E-state index is 0.0278. The molecule has 0 rings (SSSR count). The Hall–Kier alpha value is -0.650. The number of unbranched alkanes of at least 4 members (excludes halogenated alkanes) is 12. The lowest BCUT2D eigenvalue weighted by Gasteiger charge is -2.14. The molecule has 0 spiro atoms. The molecule has 0 heterocycles. The summed E-state index contributed by atoms with van der Waals surface area (Å²) in [5, 5.41) is 25.3. The van der Waals surface area contributed by atoms with Crippen LogP contribution in [0.1, 0.15) is 123 Å². The summed E-state index contributed by atoms with van der Waals surface area (Å²) in [5.41, 5.74) is 0. The van der Waals surface area contributed by atoms with Gasteiger partial charge in [0.25, 0.3) is 0 Å². The van der Waals surface area contributed by atoms with Crippen LogP contribution in [0.4, 0.5) is 0 Å². The van der Waals surface area contributed by atoms with Gasteiger partial charge in [-0.15, -0.1) is 0 Å². The number of carbonyl (C=O) groups is 1. The Labute approximate surface area is 186 Å². The Bertz CT molecular complexity index is 319. The zero-order chi connectivity index (χ0) is 22.7. The summed E-state index contributed by atoms with van der Waals surface area (Å²) in [5.74, 6) is -0.195. The molecular formula is C25H52O5. The zero-order valence-corrected chi connectivity index (χ0v) is 20.1. The van der Waals surface area contributed by atoms with E-state index >= 15 is 0 Å². The van der Waals surface area contributed by atoms with Crippen LogP contribution >= 0.6 is 0 Å². The zero-order valence-electron chi connectivity index (χ0n) is 20.1. The Kier molecular flexibility index (Phi) is 29.8. The largest absolute Gasteiger partial charge is 0.481 e. The molecule has 0 aromatic carbocycles. The number of carboxylic acid groups (broad SMARTS) is 1. The van der Waals surface area contributed by atoms with E-state index in [1.54, 1.807) is 0 Å². The maximum atomic E-state index is 11.0. The fourth-order valence-electron chi connectivity index (χ4n) is 3.61. The SMILES string of the molecule is CCCCCCCCCCC(CCCCCCCC)CC(=O)O.OCCOCCO. The first kappa shape index (κ1) is 31.5. The highest BCUT2D eigenvalue weighted by Crippen LogP contribution is 2.22. The van der Waals surface area contributed by atoms with Crippen LogP contribution in [0.15, 0.2) is 0 Å². The lowest BCUT2D eigenvalue weighted by Crippen LogP contribution is -2.08. The molecular weight excluding hydrogens is 380 g/mol. The lowest BCUT2D eigenvalue weighted by molar-refractivity contribution is -0.138. The molecule has 30 heavy (non-hydrogen) atoms. The van der Waals surface area contributed by atoms with Crippen molar-refractivity contribution in [3.05, 3.63) is 0 Å². The first-order valence-electron chi connectivity index (χ1n) is 12.6. The van der Waals surface area contributed by atoms with Crippen molar-refractivity contribution in [2.45, 2.75) is 123 Å². The van der Waals surface area contributed by atoms with Crippen LogP contribution in [-0.2, 0) is 9.53 Å². The van der Waals surface area contributed by atoms with Crippen LogP contribution < -0.4 is 0 Å². The third-order valence-corrected chi connectivity index (χ3v) is 5.37. The molecule has 0 radical (unpaired) electrons. The highest BCUT2D eigenvalue weighted by Gasteiger charge is 2.12. The molecule has 0 bridgehead atoms. The summed E-state index contributed by atoms with van der Waals surface area (Å²) in [6.07, 6.45) is 21.1. The van der Waals surface area contributed by atoms with Crippen molar-refractivity contribution in [3.63, 3.8) is 0 Å². The molecule has 0 saturated carbocycles. The van der Waals surface area contributed by atoms with Crippen molar-refractivity contribution < 1.29 is 24.9 Å². The minimum Gasteiger partial charge on any atom is -0.481 e. The Morgan fingerprint density at radius 2 is 1.03 bits per heavy atom. The summed E-state index contributed by atoms with van der Waals surface area (Å²) >= 11 is 0. The molecule has 0 amide bonds. The molecule has 1 atom stereocenters. The van der Waals surface area contributed by atoms with Gasteiger partial charge in [-0.05, 0) is 18.8 Å². The molecule has 0 aromatic heterocycles. The lowest BCUT2D eigenvalue weighted by atomic mass is 9.91. The van der Waals surface area contributed by atoms with Crippen LogP contribution in [0.2, 0.25) is 0 Å². The summed E-state index contributed by atoms with van der Waals surface area (Å²) in [7, 11) is 0. The van der Waals surface area contributed by atoms with Gasteiger partial charge in [-0.25, -0.2) is 0 Å². The highest BCUT2D eigenvalue weighted by molar-refractivity contribution is 5.66. The van der Waals surface area contributed by atoms with E-state index in [0.29, 0.717) is 25.6 Å². The standard InChI is InChI=1S/C21H42O2.C4H10O3/c1-3-5-7-9-11-12-14-16-18-20(19-21(22)23)17-15-13-10-8-6-4-2;5-1-3-7-4-2-6/h20H,3-19H2,1-2H3,(H,22,23);5-6H,1-4H2. The van der Waals surface area contributed by atoms with Crippen LogP contribution in [0.3, 0.4) is 0 Å². The molecule has 0 saturated heterocycles. The van der Waals surface area contributed by atoms with Gasteiger partial charge < -0.3 is 20.1 Å². The summed E-state index contributed by atoms with van der Waals surface area (Å²) in [6, 6.07) is 0. The third-order valence-electron chi connectivity index (χ3n) is 5.37. The Balaban J connectivity index is 0. The van der Waals surface area contributed by atoms with Crippen LogP contribution in [0, 0.1) is 5.92 Å². The second-order valence-electron chi connectivity index (χ2n) is 8.34. The van der Waals surface area contributed by atoms with Crippen LogP contribution in [0.25, 0.3) is 0 Å². The molecule has 0 aliphatic carbocycles. The average molecular weight is 433 g/mol. The summed E-state index contributed by atoms with van der Waals surface area (Å²) < 4.78 is 4.63. The van der Waals surface area contributed by atoms with Gasteiger partial charge in [-0.1, -0.05) is 104 Å². The predicted octanol–water partition coefficient (Wildman–Crippen LogP) is 6.35. The third kappa shape index (κ3) is 29.6. The fourth-order valence-corrected chi connectivity index (χ4v) is 3.61. The maximum Gasteiger partial charge on any atom is 0.303 e. The number of hydrogen-bond donors (Lipinski definition) is 3. The molecule has 5 nitrogen and oxygen atoms in total. The maximum absolute atomic E-state index is 11.0. The van der Waals surface area contributed by atoms with Crippen molar-refractivity contribution in [1.82, 2.24) is 0 Å². The Morgan fingerprint density at radius 1 is 0.667 bits per heavy atom. The van der Waals surface area contributed by atoms with Crippen molar-refractivity contribution in [2.24, 2.45) is 5.92 Å². The van der Waals surface area contributed by atoms with E-state index in [1.165, 1.54) is 89.9 Å². The van der Waals surface area contributed by atoms with Crippen LogP contribution in [-0.4, -0.2) is 47.7 Å². The second kappa shape index (κ2) is 28.4. The van der Waals surface area contributed by atoms with E-state index in [1.807, 2.05) is 0 Å². The van der Waals surface area contributed by atoms with E-state index in [4.69, 9.17) is 15.3 Å². The number of aliphatic hydroxyl groups is 2. The molecule has 182 valence electrons. The molecule has 0 aliphatic rings. The minimum atomic E-state index is -0.611. The number of carboxylic acids is 1. The molecule has 3 N–H and O–H groups in total. The number of hydrogen-bond acceptors (Lipinski definition) is 4. The van der Waals surface area contributed by atoms with Crippen molar-refractivity contribution in [2.75, 3.05) is 26.4 Å². The highest BCUT2D eigenvalue weighted by atomic mass is 16.5. The van der Waals surface area contributed by atoms with Gasteiger partial charge in [0.15, 0.2) is 0 Å². The van der Waals surface area contributed by atoms with Gasteiger partial charge in [0.1, 0.15) is 0 Å². The van der Waals surface area contributed by atoms with Crippen molar-refractivity contribution >= 4 is 5.97 Å². The van der Waals surface area contributed by atoms with E-state index in [0.717, 1.165) is 12.8 Å². The van der Waals surface area contributed by atoms with Crippen LogP contribution in [0.5, 0.6) is 0 Å². The quantitative estimate of drug-likeness (QED) is 0.174. The summed E-state index contributed by atoms with van der Waals surface area (Å²) in [6.45, 7) is 5.19. The Morgan fingerprint density at radius 3 is 1.37 bits per heavy atom. The van der Waals surface area contributed by atoms with E-state index in [-0.39, 0.29) is 13.2 Å². The normalized spacial score (nSPS) is 11.7. The second-order valence-corrected chi connectivity index (χ2v) is 8.34. The van der Waals surface area contributed by atoms with Gasteiger partial charge in [0.2, 0.25) is 0 Å². The van der Waals surface area contributed by atoms with Gasteiger partial charge in [-0.2, -0.15) is 0 Å². The average Bonchev–Trinajstić information content (AvgIpc) is 2.72. The topological polar surface area (TPSA) is 87.0 Å². The van der Waals surface area contributed by atoms with E-state index in [9.17, 15) is 4.79 Å². The molecule has 0 aliphatic heterocycles. The molecule has 0 fully saturated rings. The molecule has 5 heteroatoms. The van der Waals surface area contributed by atoms with Gasteiger partial charge >= 0.3 is 5.97 Å². The first-order chi connectivity index (χ1) is 14.6. The number of aliphatic hydroxyl groups excluding tert-OH is 2. The van der Waals surface area contributed by atoms with Gasteiger partial charge in [0, 0.05) is 6.42 Å². The fraction of sp³-hybridized carbons (Fsp3) is 0.960. The summed E-state index contributed by atoms with van der Waals surface area (Å²) in [4.78, 5) is 11.0. The smallest absolute Gasteiger partial charge is 0.303 e. The number of aliphatic carboxylic acids is 1. The molecule has 0 aromatic rings. The monoisotopic (exact) mass is 432 g/mol. The van der Waals surface area contributed by atoms with Gasteiger partial charge in [0.05, 0.1) is 26.4 Å². The first-order valence-corrected chi connectivity index (χ1v) is 12.6. The molecule has 1 unspecified atom stereocenters. The number of ether oxygens (including phenoxy) is 1. The van der Waals surface area contributed by atoms with E-state index < -0.39 is 5.97 Å². The predicted molar refractivity (Wildman–Crippen MR) is 126 cm³/mol. The number of rotatable bonds is 22.